The quantitative estimate of drug-likeness (QED) is 0.482. The Hall–Kier alpha value is -1.67. The van der Waals surface area contributed by atoms with E-state index in [1.54, 1.807) is 12.4 Å². The Labute approximate surface area is 56.3 Å². The SMILES string of the molecule is C1=CC=c2[nH]cnc2=NN=1. The zero-order chi connectivity index (χ0) is 6.81. The van der Waals surface area contributed by atoms with Crippen LogP contribution in [0.1, 0.15) is 0 Å². The van der Waals surface area contributed by atoms with E-state index in [4.69, 9.17) is 0 Å². The number of H-pyrrole nitrogens is 1. The Morgan fingerprint density at radius 2 is 2.50 bits per heavy atom. The standard InChI is InChI=1S/C6H4N4/c1-2-5-6(8-4-7-5)10-9-3-1/h1-2,4H,(H,7,8,10). The lowest BCUT2D eigenvalue weighted by Gasteiger charge is -1.67. The van der Waals surface area contributed by atoms with Crippen LogP contribution in [-0.4, -0.2) is 15.8 Å². The average Bonchev–Trinajstić information content (AvgIpc) is 2.28. The zero-order valence-corrected chi connectivity index (χ0v) is 5.07. The van der Waals surface area contributed by atoms with Crippen molar-refractivity contribution in [2.75, 3.05) is 0 Å². The summed E-state index contributed by atoms with van der Waals surface area (Å²) in [6, 6.07) is 0. The molecule has 4 heteroatoms. The van der Waals surface area contributed by atoms with Crippen LogP contribution in [0.15, 0.2) is 22.6 Å². The first kappa shape index (κ1) is 5.14. The Bertz CT molecular complexity index is 371. The molecule has 0 spiro atoms. The third kappa shape index (κ3) is 0.674. The third-order valence-corrected chi connectivity index (χ3v) is 1.17. The van der Waals surface area contributed by atoms with Gasteiger partial charge in [-0.15, -0.1) is 10.2 Å². The molecule has 0 saturated carbocycles. The minimum Gasteiger partial charge on any atom is -0.343 e. The van der Waals surface area contributed by atoms with Crippen molar-refractivity contribution in [2.45, 2.75) is 0 Å². The fourth-order valence-electron chi connectivity index (χ4n) is 0.730. The lowest BCUT2D eigenvalue weighted by atomic mass is 10.5. The monoisotopic (exact) mass is 132 g/mol. The molecule has 1 aliphatic heterocycles. The number of fused-ring (bicyclic) bond motifs is 1. The van der Waals surface area contributed by atoms with Gasteiger partial charge in [-0.1, -0.05) is 0 Å². The van der Waals surface area contributed by atoms with Crippen LogP contribution in [0, 0.1) is 0 Å². The summed E-state index contributed by atoms with van der Waals surface area (Å²) in [6.07, 6.45) is 5.09. The molecule has 0 aliphatic carbocycles. The van der Waals surface area contributed by atoms with E-state index in [1.807, 2.05) is 6.08 Å². The maximum atomic E-state index is 3.91. The second-order valence-corrected chi connectivity index (χ2v) is 1.80. The van der Waals surface area contributed by atoms with Crippen molar-refractivity contribution in [3.05, 3.63) is 23.2 Å². The van der Waals surface area contributed by atoms with Gasteiger partial charge in [-0.25, -0.2) is 4.98 Å². The molecule has 0 radical (unpaired) electrons. The molecule has 0 saturated heterocycles. The van der Waals surface area contributed by atoms with Gasteiger partial charge in [0.2, 0.25) is 0 Å². The van der Waals surface area contributed by atoms with Crippen molar-refractivity contribution in [1.82, 2.24) is 9.97 Å². The summed E-state index contributed by atoms with van der Waals surface area (Å²) in [6.45, 7) is 0. The van der Waals surface area contributed by atoms with Gasteiger partial charge in [-0.2, -0.15) is 0 Å². The smallest absolute Gasteiger partial charge is 0.200 e. The van der Waals surface area contributed by atoms with Crippen LogP contribution in [0.4, 0.5) is 0 Å². The lowest BCUT2D eigenvalue weighted by Crippen LogP contribution is -2.23. The molecule has 10 heavy (non-hydrogen) atoms. The number of aromatic amines is 1. The number of hydrogen-bond acceptors (Lipinski definition) is 3. The zero-order valence-electron chi connectivity index (χ0n) is 5.07. The first-order valence-electron chi connectivity index (χ1n) is 2.83. The molecule has 0 atom stereocenters. The molecule has 1 aliphatic rings. The summed E-state index contributed by atoms with van der Waals surface area (Å²) in [4.78, 5) is 6.82. The van der Waals surface area contributed by atoms with E-state index in [2.05, 4.69) is 26.0 Å². The fourth-order valence-corrected chi connectivity index (χ4v) is 0.730. The van der Waals surface area contributed by atoms with E-state index in [0.717, 1.165) is 5.35 Å². The van der Waals surface area contributed by atoms with Gasteiger partial charge in [0.1, 0.15) is 0 Å². The highest BCUT2D eigenvalue weighted by Gasteiger charge is 1.87. The van der Waals surface area contributed by atoms with Gasteiger partial charge in [0.25, 0.3) is 0 Å². The molecule has 48 valence electrons. The summed E-state index contributed by atoms with van der Waals surface area (Å²) < 4.78 is 0. The normalized spacial score (nSPS) is 13.2. The minimum absolute atomic E-state index is 0.612. The highest BCUT2D eigenvalue weighted by Crippen LogP contribution is 1.69. The van der Waals surface area contributed by atoms with Gasteiger partial charge < -0.3 is 4.98 Å². The Kier molecular flexibility index (Phi) is 0.993. The molecule has 2 rings (SSSR count). The van der Waals surface area contributed by atoms with Crippen LogP contribution < -0.4 is 10.8 Å². The molecule has 1 N–H and O–H groups in total. The van der Waals surface area contributed by atoms with Gasteiger partial charge in [0.05, 0.1) is 11.7 Å². The summed E-state index contributed by atoms with van der Waals surface area (Å²) in [5, 5.41) is 8.22. The van der Waals surface area contributed by atoms with Crippen molar-refractivity contribution in [1.29, 1.82) is 0 Å². The second kappa shape index (κ2) is 1.93. The van der Waals surface area contributed by atoms with E-state index >= 15 is 0 Å². The molecule has 0 unspecified atom stereocenters. The molecular formula is C6H4N4. The molecule has 0 bridgehead atoms. The number of nitrogens with zero attached hydrogens (tertiary/aromatic N) is 3. The number of hydrogen-bond donors (Lipinski definition) is 1. The maximum absolute atomic E-state index is 3.91. The molecule has 0 fully saturated rings. The van der Waals surface area contributed by atoms with Gasteiger partial charge in [-0.05, 0) is 6.08 Å². The van der Waals surface area contributed by atoms with Gasteiger partial charge in [0.15, 0.2) is 5.49 Å². The summed E-state index contributed by atoms with van der Waals surface area (Å²) >= 11 is 0. The predicted molar refractivity (Wildman–Crippen MR) is 35.8 cm³/mol. The first-order chi connectivity index (χ1) is 4.97. The van der Waals surface area contributed by atoms with Crippen LogP contribution in [0.3, 0.4) is 0 Å². The molecule has 4 nitrogen and oxygen atoms in total. The van der Waals surface area contributed by atoms with Gasteiger partial charge in [-0.3, -0.25) is 0 Å². The van der Waals surface area contributed by atoms with Crippen LogP contribution in [0.25, 0.3) is 6.08 Å². The molecular weight excluding hydrogens is 128 g/mol. The van der Waals surface area contributed by atoms with Crippen molar-refractivity contribution in [3.63, 3.8) is 0 Å². The average molecular weight is 132 g/mol. The Morgan fingerprint density at radius 3 is 3.50 bits per heavy atom. The van der Waals surface area contributed by atoms with E-state index in [1.165, 1.54) is 0 Å². The van der Waals surface area contributed by atoms with E-state index < -0.39 is 0 Å². The Morgan fingerprint density at radius 1 is 1.50 bits per heavy atom. The molecule has 1 aromatic heterocycles. The number of imidazole rings is 1. The highest BCUT2D eigenvalue weighted by molar-refractivity contribution is 5.62. The number of aromatic nitrogens is 2. The van der Waals surface area contributed by atoms with E-state index in [0.29, 0.717) is 5.49 Å². The molecule has 2 heterocycles. The van der Waals surface area contributed by atoms with Crippen LogP contribution >= 0.6 is 0 Å². The van der Waals surface area contributed by atoms with Crippen LogP contribution in [0.2, 0.25) is 0 Å². The predicted octanol–water partition coefficient (Wildman–Crippen LogP) is -1.04. The third-order valence-electron chi connectivity index (χ3n) is 1.17. The first-order valence-corrected chi connectivity index (χ1v) is 2.83. The van der Waals surface area contributed by atoms with Crippen molar-refractivity contribution in [3.8, 4) is 0 Å². The van der Waals surface area contributed by atoms with Crippen molar-refractivity contribution in [2.24, 2.45) is 10.2 Å². The molecule has 0 aromatic carbocycles. The summed E-state index contributed by atoms with van der Waals surface area (Å²) in [7, 11) is 0. The topological polar surface area (TPSA) is 53.4 Å². The largest absolute Gasteiger partial charge is 0.343 e. The second-order valence-electron chi connectivity index (χ2n) is 1.80. The van der Waals surface area contributed by atoms with E-state index in [-0.39, 0.29) is 0 Å². The number of nitrogens with one attached hydrogen (secondary N) is 1. The minimum atomic E-state index is 0.612. The van der Waals surface area contributed by atoms with Gasteiger partial charge >= 0.3 is 0 Å². The molecule has 1 aromatic rings. The lowest BCUT2D eigenvalue weighted by molar-refractivity contribution is 1.07. The maximum Gasteiger partial charge on any atom is 0.200 e. The van der Waals surface area contributed by atoms with Crippen molar-refractivity contribution >= 4 is 11.9 Å². The van der Waals surface area contributed by atoms with Crippen molar-refractivity contribution < 1.29 is 0 Å². The summed E-state index contributed by atoms with van der Waals surface area (Å²) in [5.41, 5.74) is 0.612. The Balaban J connectivity index is 2.94. The number of rotatable bonds is 0. The van der Waals surface area contributed by atoms with Gasteiger partial charge in [0, 0.05) is 11.9 Å². The number of allylic oxidation sites excluding steroid dienone is 1. The molecule has 0 amide bonds. The highest BCUT2D eigenvalue weighted by atomic mass is 15.2. The van der Waals surface area contributed by atoms with Crippen LogP contribution in [-0.2, 0) is 0 Å². The van der Waals surface area contributed by atoms with E-state index in [9.17, 15) is 0 Å². The van der Waals surface area contributed by atoms with Crippen LogP contribution in [0.5, 0.6) is 0 Å². The summed E-state index contributed by atoms with van der Waals surface area (Å²) in [5.74, 6) is 2.60. The fraction of sp³-hybridized carbons (Fsp3) is 0.